The summed E-state index contributed by atoms with van der Waals surface area (Å²) in [5.41, 5.74) is 0.766. The number of hydrogen-bond acceptors (Lipinski definition) is 2. The van der Waals surface area contributed by atoms with Crippen molar-refractivity contribution in [3.63, 3.8) is 0 Å². The Morgan fingerprint density at radius 1 is 1.56 bits per heavy atom. The fraction of sp³-hybridized carbons (Fsp3) is 0.769. The van der Waals surface area contributed by atoms with Gasteiger partial charge in [-0.3, -0.25) is 9.69 Å². The minimum atomic E-state index is -0.120. The highest BCUT2D eigenvalue weighted by molar-refractivity contribution is 5.85. The van der Waals surface area contributed by atoms with Gasteiger partial charge in [0.05, 0.1) is 5.41 Å². The van der Waals surface area contributed by atoms with Gasteiger partial charge in [-0.1, -0.05) is 13.5 Å². The number of carbonyl (C=O) groups is 1. The Balaban J connectivity index is 2.06. The first kappa shape index (κ1) is 11.6. The molecule has 0 aliphatic carbocycles. The number of nitrogens with one attached hydrogen (secondary N) is 1. The summed E-state index contributed by atoms with van der Waals surface area (Å²) < 4.78 is 0. The van der Waals surface area contributed by atoms with Gasteiger partial charge in [0.1, 0.15) is 0 Å². The smallest absolute Gasteiger partial charge is 0.231 e. The average molecular weight is 222 g/mol. The molecule has 0 saturated carbocycles. The average Bonchev–Trinajstić information content (AvgIpc) is 2.69. The van der Waals surface area contributed by atoms with Gasteiger partial charge >= 0.3 is 0 Å². The Labute approximate surface area is 97.9 Å². The summed E-state index contributed by atoms with van der Waals surface area (Å²) in [4.78, 5) is 14.5. The van der Waals surface area contributed by atoms with Gasteiger partial charge in [-0.15, -0.1) is 0 Å². The van der Waals surface area contributed by atoms with Crippen LogP contribution >= 0.6 is 0 Å². The van der Waals surface area contributed by atoms with E-state index in [0.717, 1.165) is 44.5 Å². The molecule has 3 nitrogen and oxygen atoms in total. The van der Waals surface area contributed by atoms with E-state index in [9.17, 15) is 4.79 Å². The van der Waals surface area contributed by atoms with Crippen molar-refractivity contribution in [3.8, 4) is 0 Å². The van der Waals surface area contributed by atoms with E-state index in [1.807, 2.05) is 0 Å². The molecule has 1 N–H and O–H groups in total. The van der Waals surface area contributed by atoms with Crippen LogP contribution in [0.15, 0.2) is 12.3 Å². The molecule has 16 heavy (non-hydrogen) atoms. The van der Waals surface area contributed by atoms with Crippen LogP contribution in [0, 0.1) is 5.41 Å². The summed E-state index contributed by atoms with van der Waals surface area (Å²) >= 11 is 0. The highest BCUT2D eigenvalue weighted by Crippen LogP contribution is 2.39. The molecule has 2 aliphatic rings. The summed E-state index contributed by atoms with van der Waals surface area (Å²) in [7, 11) is 0. The zero-order chi connectivity index (χ0) is 11.8. The molecule has 1 amide bonds. The van der Waals surface area contributed by atoms with Crippen molar-refractivity contribution in [2.24, 2.45) is 5.41 Å². The summed E-state index contributed by atoms with van der Waals surface area (Å²) in [5, 5.41) is 2.93. The molecule has 2 aliphatic heterocycles. The van der Waals surface area contributed by atoms with Crippen molar-refractivity contribution in [2.75, 3.05) is 13.1 Å². The lowest BCUT2D eigenvalue weighted by Gasteiger charge is -2.34. The van der Waals surface area contributed by atoms with E-state index >= 15 is 0 Å². The number of nitrogens with zero attached hydrogens (tertiary/aromatic N) is 1. The Kier molecular flexibility index (Phi) is 3.06. The Morgan fingerprint density at radius 3 is 2.94 bits per heavy atom. The van der Waals surface area contributed by atoms with Gasteiger partial charge in [0.2, 0.25) is 5.91 Å². The van der Waals surface area contributed by atoms with Gasteiger partial charge in [-0.2, -0.15) is 0 Å². The molecule has 90 valence electrons. The van der Waals surface area contributed by atoms with Crippen molar-refractivity contribution in [3.05, 3.63) is 12.3 Å². The molecule has 2 unspecified atom stereocenters. The van der Waals surface area contributed by atoms with Crippen molar-refractivity contribution >= 4 is 5.91 Å². The molecule has 1 spiro atoms. The minimum absolute atomic E-state index is 0.120. The Hall–Kier alpha value is -0.830. The quantitative estimate of drug-likeness (QED) is 0.774. The van der Waals surface area contributed by atoms with Crippen LogP contribution in [-0.4, -0.2) is 29.9 Å². The molecule has 2 saturated heterocycles. The molecule has 2 atom stereocenters. The molecule has 0 bridgehead atoms. The van der Waals surface area contributed by atoms with Crippen LogP contribution in [-0.2, 0) is 4.79 Å². The van der Waals surface area contributed by atoms with E-state index in [1.165, 1.54) is 0 Å². The van der Waals surface area contributed by atoms with Gasteiger partial charge < -0.3 is 5.32 Å². The third kappa shape index (κ3) is 1.88. The fourth-order valence-corrected chi connectivity index (χ4v) is 2.79. The number of likely N-dealkylation sites (tertiary alicyclic amines) is 1. The predicted octanol–water partition coefficient (Wildman–Crippen LogP) is 1.90. The van der Waals surface area contributed by atoms with Crippen LogP contribution in [0.3, 0.4) is 0 Å². The number of amides is 1. The first-order valence-corrected chi connectivity index (χ1v) is 6.31. The van der Waals surface area contributed by atoms with E-state index in [-0.39, 0.29) is 11.3 Å². The maximum Gasteiger partial charge on any atom is 0.231 e. The Morgan fingerprint density at radius 2 is 2.31 bits per heavy atom. The fourth-order valence-electron chi connectivity index (χ4n) is 2.79. The van der Waals surface area contributed by atoms with Crippen molar-refractivity contribution in [1.82, 2.24) is 10.2 Å². The molecule has 2 heterocycles. The van der Waals surface area contributed by atoms with Gasteiger partial charge in [0, 0.05) is 18.3 Å². The zero-order valence-corrected chi connectivity index (χ0v) is 10.4. The number of piperidine rings is 1. The minimum Gasteiger partial charge on any atom is -0.330 e. The molecule has 0 radical (unpaired) electrons. The van der Waals surface area contributed by atoms with Crippen LogP contribution < -0.4 is 5.32 Å². The molecule has 0 aromatic carbocycles. The van der Waals surface area contributed by atoms with E-state index < -0.39 is 0 Å². The summed E-state index contributed by atoms with van der Waals surface area (Å²) in [6.45, 7) is 10.3. The lowest BCUT2D eigenvalue weighted by Crippen LogP contribution is -2.47. The standard InChI is InChI=1S/C13H22N2O/c1-4-11(3)15-8-7-13(9-15)6-5-10(2)14-12(13)16/h11H,2,4-9H2,1,3H3,(H,14,16). The van der Waals surface area contributed by atoms with E-state index in [0.29, 0.717) is 6.04 Å². The van der Waals surface area contributed by atoms with Crippen LogP contribution in [0.1, 0.15) is 39.5 Å². The summed E-state index contributed by atoms with van der Waals surface area (Å²) in [6, 6.07) is 0.595. The van der Waals surface area contributed by atoms with E-state index in [4.69, 9.17) is 0 Å². The first-order chi connectivity index (χ1) is 7.57. The van der Waals surface area contributed by atoms with Crippen LogP contribution in [0.5, 0.6) is 0 Å². The van der Waals surface area contributed by atoms with Crippen LogP contribution in [0.2, 0.25) is 0 Å². The SMILES string of the molecule is C=C1CCC2(CCN(C(C)CC)C2)C(=O)N1. The normalized spacial score (nSPS) is 33.1. The molecule has 0 aromatic rings. The van der Waals surface area contributed by atoms with Gasteiger partial charge in [0.15, 0.2) is 0 Å². The number of rotatable bonds is 2. The van der Waals surface area contributed by atoms with Crippen LogP contribution in [0.25, 0.3) is 0 Å². The summed E-state index contributed by atoms with van der Waals surface area (Å²) in [5.74, 6) is 0.203. The molecular formula is C13H22N2O. The molecule has 3 heteroatoms. The Bertz CT molecular complexity index is 313. The summed E-state index contributed by atoms with van der Waals surface area (Å²) in [6.07, 6.45) is 4.09. The third-order valence-electron chi connectivity index (χ3n) is 4.27. The van der Waals surface area contributed by atoms with Gasteiger partial charge in [-0.05, 0) is 39.2 Å². The van der Waals surface area contributed by atoms with Gasteiger partial charge in [0.25, 0.3) is 0 Å². The van der Waals surface area contributed by atoms with E-state index in [2.05, 4.69) is 30.6 Å². The molecule has 2 rings (SSSR count). The van der Waals surface area contributed by atoms with Crippen molar-refractivity contribution in [1.29, 1.82) is 0 Å². The highest BCUT2D eigenvalue weighted by Gasteiger charge is 2.46. The number of allylic oxidation sites excluding steroid dienone is 1. The topological polar surface area (TPSA) is 32.3 Å². The highest BCUT2D eigenvalue weighted by atomic mass is 16.2. The molecule has 0 aromatic heterocycles. The zero-order valence-electron chi connectivity index (χ0n) is 10.4. The number of carbonyl (C=O) groups excluding carboxylic acids is 1. The first-order valence-electron chi connectivity index (χ1n) is 6.31. The van der Waals surface area contributed by atoms with Gasteiger partial charge in [-0.25, -0.2) is 0 Å². The van der Waals surface area contributed by atoms with Crippen LogP contribution in [0.4, 0.5) is 0 Å². The monoisotopic (exact) mass is 222 g/mol. The van der Waals surface area contributed by atoms with Crippen molar-refractivity contribution in [2.45, 2.75) is 45.6 Å². The van der Waals surface area contributed by atoms with E-state index in [1.54, 1.807) is 0 Å². The largest absolute Gasteiger partial charge is 0.330 e. The predicted molar refractivity (Wildman–Crippen MR) is 64.9 cm³/mol. The second-order valence-electron chi connectivity index (χ2n) is 5.32. The maximum atomic E-state index is 12.1. The third-order valence-corrected chi connectivity index (χ3v) is 4.27. The second kappa shape index (κ2) is 4.21. The van der Waals surface area contributed by atoms with Crippen molar-refractivity contribution < 1.29 is 4.79 Å². The second-order valence-corrected chi connectivity index (χ2v) is 5.32. The maximum absolute atomic E-state index is 12.1. The lowest BCUT2D eigenvalue weighted by atomic mass is 9.78. The number of hydrogen-bond donors (Lipinski definition) is 1. The lowest BCUT2D eigenvalue weighted by molar-refractivity contribution is -0.131. The molecule has 2 fully saturated rings. The molecular weight excluding hydrogens is 200 g/mol.